The van der Waals surface area contributed by atoms with Crippen molar-refractivity contribution in [1.29, 1.82) is 0 Å². The van der Waals surface area contributed by atoms with Crippen LogP contribution in [-0.4, -0.2) is 24.0 Å². The predicted molar refractivity (Wildman–Crippen MR) is 90.9 cm³/mol. The van der Waals surface area contributed by atoms with Gasteiger partial charge in [0.25, 0.3) is 0 Å². The zero-order valence-electron chi connectivity index (χ0n) is 14.8. The normalized spacial score (nSPS) is 56.8. The molecule has 4 saturated carbocycles. The lowest BCUT2D eigenvalue weighted by Crippen LogP contribution is -2.61. The molecular formula is C20H32N2O. The minimum atomic E-state index is -0.0349. The number of nitrogens with one attached hydrogen (secondary N) is 2. The molecule has 2 N–H and O–H groups in total. The maximum absolute atomic E-state index is 13.4. The number of piperidine rings is 1. The van der Waals surface area contributed by atoms with E-state index in [0.717, 1.165) is 31.6 Å². The van der Waals surface area contributed by atoms with Crippen molar-refractivity contribution in [2.45, 2.75) is 96.2 Å². The highest BCUT2D eigenvalue weighted by molar-refractivity contribution is 5.83. The Morgan fingerprint density at radius 2 is 1.57 bits per heavy atom. The van der Waals surface area contributed by atoms with Gasteiger partial charge in [-0.05, 0) is 81.0 Å². The van der Waals surface area contributed by atoms with Crippen LogP contribution in [0.25, 0.3) is 0 Å². The molecule has 128 valence electrons. The number of carbonyl (C=O) groups is 1. The van der Waals surface area contributed by atoms with Gasteiger partial charge in [0.05, 0.1) is 5.41 Å². The Labute approximate surface area is 140 Å². The zero-order valence-corrected chi connectivity index (χ0v) is 14.8. The van der Waals surface area contributed by atoms with E-state index in [1.165, 1.54) is 38.5 Å². The van der Waals surface area contributed by atoms with E-state index in [2.05, 4.69) is 24.5 Å². The van der Waals surface area contributed by atoms with Crippen LogP contribution in [-0.2, 0) is 4.79 Å². The molecule has 2 heterocycles. The molecular weight excluding hydrogens is 284 g/mol. The van der Waals surface area contributed by atoms with Crippen LogP contribution in [0.2, 0.25) is 0 Å². The highest BCUT2D eigenvalue weighted by Crippen LogP contribution is 2.69. The monoisotopic (exact) mass is 316 g/mol. The number of carbonyl (C=O) groups excluding carboxylic acids is 1. The molecule has 23 heavy (non-hydrogen) atoms. The molecule has 0 aromatic carbocycles. The molecule has 6 bridgehead atoms. The van der Waals surface area contributed by atoms with Crippen molar-refractivity contribution < 1.29 is 4.79 Å². The summed E-state index contributed by atoms with van der Waals surface area (Å²) in [5, 5.41) is 7.22. The molecule has 2 aliphatic heterocycles. The van der Waals surface area contributed by atoms with Gasteiger partial charge < -0.3 is 10.6 Å². The van der Waals surface area contributed by atoms with E-state index in [-0.39, 0.29) is 5.41 Å². The molecule has 0 aromatic rings. The highest BCUT2D eigenvalue weighted by Gasteiger charge is 2.62. The van der Waals surface area contributed by atoms with Crippen LogP contribution in [0.3, 0.4) is 0 Å². The quantitative estimate of drug-likeness (QED) is 0.820. The van der Waals surface area contributed by atoms with Crippen molar-refractivity contribution >= 4 is 5.91 Å². The molecule has 3 nitrogen and oxygen atoms in total. The molecule has 4 atom stereocenters. The molecule has 6 aliphatic rings. The largest absolute Gasteiger partial charge is 0.353 e. The van der Waals surface area contributed by atoms with Crippen LogP contribution in [0, 0.1) is 22.2 Å². The third-order valence-corrected chi connectivity index (χ3v) is 7.92. The smallest absolute Gasteiger partial charge is 0.226 e. The zero-order chi connectivity index (χ0) is 15.9. The highest BCUT2D eigenvalue weighted by atomic mass is 16.2. The van der Waals surface area contributed by atoms with Gasteiger partial charge in [-0.2, -0.15) is 0 Å². The molecule has 0 radical (unpaired) electrons. The van der Waals surface area contributed by atoms with E-state index in [9.17, 15) is 4.79 Å². The summed E-state index contributed by atoms with van der Waals surface area (Å²) >= 11 is 0. The molecule has 1 amide bonds. The second-order valence-corrected chi connectivity index (χ2v) is 10.7. The second kappa shape index (κ2) is 4.53. The van der Waals surface area contributed by atoms with Crippen molar-refractivity contribution in [3.05, 3.63) is 0 Å². The van der Waals surface area contributed by atoms with E-state index in [1.54, 1.807) is 0 Å². The number of hydrogen-bond acceptors (Lipinski definition) is 2. The Morgan fingerprint density at radius 1 is 0.957 bits per heavy atom. The summed E-state index contributed by atoms with van der Waals surface area (Å²) in [5.74, 6) is 1.22. The van der Waals surface area contributed by atoms with Crippen LogP contribution in [0.4, 0.5) is 0 Å². The lowest BCUT2D eigenvalue weighted by Gasteiger charge is -2.64. The Bertz CT molecular complexity index is 514. The summed E-state index contributed by atoms with van der Waals surface area (Å²) in [6.45, 7) is 4.92. The summed E-state index contributed by atoms with van der Waals surface area (Å²) in [6, 6.07) is 1.74. The van der Waals surface area contributed by atoms with E-state index in [4.69, 9.17) is 0 Å². The maximum atomic E-state index is 13.4. The van der Waals surface area contributed by atoms with Gasteiger partial charge in [0.1, 0.15) is 0 Å². The van der Waals surface area contributed by atoms with E-state index < -0.39 is 0 Å². The average Bonchev–Trinajstić information content (AvgIpc) is 2.73. The first kappa shape index (κ1) is 14.7. The predicted octanol–water partition coefficient (Wildman–Crippen LogP) is 3.38. The number of amides is 1. The van der Waals surface area contributed by atoms with Crippen molar-refractivity contribution in [2.75, 3.05) is 0 Å². The third-order valence-electron chi connectivity index (χ3n) is 7.92. The van der Waals surface area contributed by atoms with Crippen LogP contribution < -0.4 is 10.6 Å². The Balaban J connectivity index is 1.35. The molecule has 4 unspecified atom stereocenters. The number of rotatable bonds is 2. The number of fused-ring (bicyclic) bond motifs is 2. The van der Waals surface area contributed by atoms with Crippen LogP contribution in [0.1, 0.15) is 78.1 Å². The van der Waals surface area contributed by atoms with Crippen molar-refractivity contribution in [2.24, 2.45) is 22.2 Å². The molecule has 3 heteroatoms. The summed E-state index contributed by atoms with van der Waals surface area (Å²) < 4.78 is 0. The van der Waals surface area contributed by atoms with Crippen LogP contribution in [0.5, 0.6) is 0 Å². The first-order valence-electron chi connectivity index (χ1n) is 9.93. The van der Waals surface area contributed by atoms with E-state index >= 15 is 0 Å². The topological polar surface area (TPSA) is 41.1 Å². The minimum absolute atomic E-state index is 0.0349. The lowest BCUT2D eigenvalue weighted by atomic mass is 9.40. The van der Waals surface area contributed by atoms with E-state index in [0.29, 0.717) is 34.9 Å². The number of hydrogen-bond donors (Lipinski definition) is 2. The summed E-state index contributed by atoms with van der Waals surface area (Å²) in [5.41, 5.74) is 0.824. The third kappa shape index (κ3) is 2.29. The van der Waals surface area contributed by atoms with Crippen molar-refractivity contribution in [3.63, 3.8) is 0 Å². The molecule has 2 saturated heterocycles. The summed E-state index contributed by atoms with van der Waals surface area (Å²) in [4.78, 5) is 13.4. The van der Waals surface area contributed by atoms with Gasteiger partial charge in [0.2, 0.25) is 5.91 Å². The molecule has 0 spiro atoms. The van der Waals surface area contributed by atoms with Gasteiger partial charge in [-0.1, -0.05) is 13.8 Å². The fraction of sp³-hybridized carbons (Fsp3) is 0.950. The van der Waals surface area contributed by atoms with E-state index in [1.807, 2.05) is 0 Å². The second-order valence-electron chi connectivity index (χ2n) is 10.7. The fourth-order valence-corrected chi connectivity index (χ4v) is 8.21. The Kier molecular flexibility index (Phi) is 2.91. The first-order valence-corrected chi connectivity index (χ1v) is 9.93. The van der Waals surface area contributed by atoms with Gasteiger partial charge >= 0.3 is 0 Å². The molecule has 0 aromatic heterocycles. The summed E-state index contributed by atoms with van der Waals surface area (Å²) in [7, 11) is 0. The lowest BCUT2D eigenvalue weighted by molar-refractivity contribution is -0.171. The van der Waals surface area contributed by atoms with Gasteiger partial charge in [-0.3, -0.25) is 4.79 Å². The standard InChI is InChI=1S/C20H32N2O/c1-18-7-13-8-19(2,10-18)12-20(9-13,11-18)17(23)22-16-5-14-3-4-15(6-16)21-14/h13-16,21H,3-12H2,1-2H3,(H,22,23). The molecule has 6 fully saturated rings. The van der Waals surface area contributed by atoms with Crippen molar-refractivity contribution in [1.82, 2.24) is 10.6 Å². The Morgan fingerprint density at radius 3 is 2.13 bits per heavy atom. The van der Waals surface area contributed by atoms with Gasteiger partial charge in [-0.15, -0.1) is 0 Å². The van der Waals surface area contributed by atoms with Crippen LogP contribution in [0.15, 0.2) is 0 Å². The first-order chi connectivity index (χ1) is 10.9. The molecule has 6 rings (SSSR count). The van der Waals surface area contributed by atoms with Crippen LogP contribution >= 0.6 is 0 Å². The summed E-state index contributed by atoms with van der Waals surface area (Å²) in [6.07, 6.45) is 12.5. The Hall–Kier alpha value is -0.570. The van der Waals surface area contributed by atoms with Crippen molar-refractivity contribution in [3.8, 4) is 0 Å². The van der Waals surface area contributed by atoms with Gasteiger partial charge in [-0.25, -0.2) is 0 Å². The maximum Gasteiger partial charge on any atom is 0.226 e. The molecule has 4 aliphatic carbocycles. The van der Waals surface area contributed by atoms with Gasteiger partial charge in [0, 0.05) is 18.1 Å². The average molecular weight is 316 g/mol. The minimum Gasteiger partial charge on any atom is -0.353 e. The fourth-order valence-electron chi connectivity index (χ4n) is 8.21. The SMILES string of the molecule is CC12CC3CC(C)(C1)CC(C(=O)NC1CC4CCC(C1)N4)(C3)C2. The van der Waals surface area contributed by atoms with Gasteiger partial charge in [0.15, 0.2) is 0 Å².